The molecular formula is C16H15Cl2N3O2. The van der Waals surface area contributed by atoms with Crippen LogP contribution in [0.2, 0.25) is 10.0 Å². The number of fused-ring (bicyclic) bond motifs is 1. The minimum atomic E-state index is -0.346. The predicted octanol–water partition coefficient (Wildman–Crippen LogP) is 3.98. The summed E-state index contributed by atoms with van der Waals surface area (Å²) in [5, 5.41) is 3.26. The van der Waals surface area contributed by atoms with Crippen molar-refractivity contribution in [3.8, 4) is 0 Å². The Balaban J connectivity index is 1.92. The van der Waals surface area contributed by atoms with Gasteiger partial charge in [0.25, 0.3) is 5.91 Å². The largest absolute Gasteiger partial charge is 0.396 e. The maximum Gasteiger partial charge on any atom is 0.272 e. The molecule has 1 aromatic heterocycles. The second kappa shape index (κ2) is 5.91. The number of halogens is 2. The lowest BCUT2D eigenvalue weighted by Crippen LogP contribution is -2.14. The molecule has 1 aromatic carbocycles. The molecule has 0 atom stereocenters. The first kappa shape index (κ1) is 15.9. The van der Waals surface area contributed by atoms with E-state index in [4.69, 9.17) is 28.9 Å². The predicted molar refractivity (Wildman–Crippen MR) is 91.6 cm³/mol. The fraction of sp³-hybridized carbons (Fsp3) is 0.250. The third kappa shape index (κ3) is 2.82. The quantitative estimate of drug-likeness (QED) is 0.714. The van der Waals surface area contributed by atoms with E-state index in [9.17, 15) is 9.59 Å². The van der Waals surface area contributed by atoms with Gasteiger partial charge in [-0.25, -0.2) is 0 Å². The number of Topliss-reactive ketones (excluding diaryl/α,β-unsaturated/α-hetero) is 1. The molecule has 2 aromatic rings. The summed E-state index contributed by atoms with van der Waals surface area (Å²) in [4.78, 5) is 27.6. The van der Waals surface area contributed by atoms with E-state index >= 15 is 0 Å². The summed E-state index contributed by atoms with van der Waals surface area (Å²) in [6.07, 6.45) is 2.10. The molecule has 0 unspecified atom stereocenters. The normalized spacial score (nSPS) is 13.8. The van der Waals surface area contributed by atoms with Crippen LogP contribution in [0.4, 0.5) is 11.4 Å². The van der Waals surface area contributed by atoms with Gasteiger partial charge in [0, 0.05) is 23.4 Å². The van der Waals surface area contributed by atoms with E-state index in [-0.39, 0.29) is 27.4 Å². The molecule has 23 heavy (non-hydrogen) atoms. The van der Waals surface area contributed by atoms with E-state index in [2.05, 4.69) is 10.3 Å². The summed E-state index contributed by atoms with van der Waals surface area (Å²) in [5.41, 5.74) is 8.93. The molecular weight excluding hydrogens is 337 g/mol. The fourth-order valence-corrected chi connectivity index (χ4v) is 3.34. The average Bonchev–Trinajstić information content (AvgIpc) is 2.83. The van der Waals surface area contributed by atoms with Gasteiger partial charge in [-0.2, -0.15) is 0 Å². The highest BCUT2D eigenvalue weighted by atomic mass is 35.5. The number of carbonyl (C=O) groups is 2. The van der Waals surface area contributed by atoms with Crippen LogP contribution in [-0.2, 0) is 6.42 Å². The molecule has 0 saturated heterocycles. The Labute approximate surface area is 143 Å². The molecule has 0 fully saturated rings. The summed E-state index contributed by atoms with van der Waals surface area (Å²) >= 11 is 11.9. The van der Waals surface area contributed by atoms with Crippen LogP contribution in [0.5, 0.6) is 0 Å². The lowest BCUT2D eigenvalue weighted by atomic mass is 9.94. The summed E-state index contributed by atoms with van der Waals surface area (Å²) in [5.74, 6) is -0.265. The molecule has 1 aliphatic carbocycles. The van der Waals surface area contributed by atoms with Crippen LogP contribution in [-0.4, -0.2) is 16.7 Å². The van der Waals surface area contributed by atoms with E-state index in [1.54, 1.807) is 6.92 Å². The van der Waals surface area contributed by atoms with Crippen LogP contribution in [0.3, 0.4) is 0 Å². The van der Waals surface area contributed by atoms with E-state index in [1.165, 1.54) is 12.1 Å². The molecule has 7 heteroatoms. The van der Waals surface area contributed by atoms with Crippen LogP contribution in [0.15, 0.2) is 12.1 Å². The van der Waals surface area contributed by atoms with Gasteiger partial charge in [-0.3, -0.25) is 9.59 Å². The molecule has 0 bridgehead atoms. The number of aromatic amines is 1. The lowest BCUT2D eigenvalue weighted by molar-refractivity contribution is 0.0971. The Morgan fingerprint density at radius 2 is 1.91 bits per heavy atom. The van der Waals surface area contributed by atoms with Gasteiger partial charge < -0.3 is 16.0 Å². The lowest BCUT2D eigenvalue weighted by Gasteiger charge is -2.09. The Morgan fingerprint density at radius 1 is 1.26 bits per heavy atom. The van der Waals surface area contributed by atoms with Crippen LogP contribution in [0.1, 0.15) is 44.9 Å². The number of aryl methyl sites for hydroxylation is 1. The number of hydrogen-bond donors (Lipinski definition) is 3. The van der Waals surface area contributed by atoms with Crippen LogP contribution in [0, 0.1) is 6.92 Å². The second-order valence-corrected chi connectivity index (χ2v) is 6.38. The number of amides is 1. The van der Waals surface area contributed by atoms with Crippen molar-refractivity contribution in [2.75, 3.05) is 11.1 Å². The molecule has 1 amide bonds. The topological polar surface area (TPSA) is 88.0 Å². The van der Waals surface area contributed by atoms with Crippen molar-refractivity contribution in [1.29, 1.82) is 0 Å². The van der Waals surface area contributed by atoms with Gasteiger partial charge in [0.1, 0.15) is 5.69 Å². The molecule has 4 N–H and O–H groups in total. The first-order valence-corrected chi connectivity index (χ1v) is 7.94. The number of aromatic nitrogens is 1. The molecule has 1 aliphatic rings. The number of hydrogen-bond acceptors (Lipinski definition) is 3. The number of ketones is 1. The molecule has 1 heterocycles. The van der Waals surface area contributed by atoms with Gasteiger partial charge in [0.2, 0.25) is 0 Å². The summed E-state index contributed by atoms with van der Waals surface area (Å²) in [6.45, 7) is 1.77. The highest BCUT2D eigenvalue weighted by Gasteiger charge is 2.26. The molecule has 5 nitrogen and oxygen atoms in total. The zero-order chi connectivity index (χ0) is 16.7. The smallest absolute Gasteiger partial charge is 0.272 e. The number of rotatable bonds is 2. The molecule has 0 radical (unpaired) electrons. The zero-order valence-corrected chi connectivity index (χ0v) is 13.9. The Morgan fingerprint density at radius 3 is 2.52 bits per heavy atom. The molecule has 0 saturated carbocycles. The van der Waals surface area contributed by atoms with Crippen LogP contribution < -0.4 is 11.1 Å². The SMILES string of the molecule is Cc1c(C(=O)Nc2cc(Cl)c(N)c(Cl)c2)[nH]c2c1C(=O)CCC2. The minimum absolute atomic E-state index is 0.0811. The number of nitrogens with one attached hydrogen (secondary N) is 2. The number of nitrogens with two attached hydrogens (primary N) is 1. The standard InChI is InChI=1S/C16H15Cl2N3O2/c1-7-13-11(3-2-4-12(13)22)21-15(7)16(23)20-8-5-9(17)14(19)10(18)6-8/h5-6,21H,2-4,19H2,1H3,(H,20,23). The summed E-state index contributed by atoms with van der Waals surface area (Å²) < 4.78 is 0. The van der Waals surface area contributed by atoms with Gasteiger partial charge >= 0.3 is 0 Å². The Hall–Kier alpha value is -1.98. The van der Waals surface area contributed by atoms with Crippen LogP contribution >= 0.6 is 23.2 Å². The van der Waals surface area contributed by atoms with Crippen molar-refractivity contribution in [1.82, 2.24) is 4.98 Å². The fourth-order valence-electron chi connectivity index (χ4n) is 2.85. The molecule has 3 rings (SSSR count). The van der Waals surface area contributed by atoms with E-state index in [1.807, 2.05) is 0 Å². The summed E-state index contributed by atoms with van der Waals surface area (Å²) in [7, 11) is 0. The third-order valence-electron chi connectivity index (χ3n) is 4.00. The average molecular weight is 352 g/mol. The first-order valence-electron chi connectivity index (χ1n) is 7.19. The molecule has 0 spiro atoms. The van der Waals surface area contributed by atoms with Gasteiger partial charge in [-0.1, -0.05) is 23.2 Å². The van der Waals surface area contributed by atoms with Gasteiger partial charge in [-0.15, -0.1) is 0 Å². The number of H-pyrrole nitrogens is 1. The van der Waals surface area contributed by atoms with Crippen molar-refractivity contribution in [2.24, 2.45) is 0 Å². The minimum Gasteiger partial charge on any atom is -0.396 e. The molecule has 120 valence electrons. The summed E-state index contributed by atoms with van der Waals surface area (Å²) in [6, 6.07) is 3.06. The van der Waals surface area contributed by atoms with Crippen molar-refractivity contribution in [2.45, 2.75) is 26.2 Å². The zero-order valence-electron chi connectivity index (χ0n) is 12.4. The monoisotopic (exact) mass is 351 g/mol. The highest BCUT2D eigenvalue weighted by molar-refractivity contribution is 6.39. The second-order valence-electron chi connectivity index (χ2n) is 5.56. The Kier molecular flexibility index (Phi) is 4.08. The number of carbonyl (C=O) groups excluding carboxylic acids is 2. The van der Waals surface area contributed by atoms with Gasteiger partial charge in [0.05, 0.1) is 15.7 Å². The van der Waals surface area contributed by atoms with E-state index in [0.29, 0.717) is 28.9 Å². The van der Waals surface area contributed by atoms with Crippen molar-refractivity contribution < 1.29 is 9.59 Å². The number of benzene rings is 1. The maximum absolute atomic E-state index is 12.5. The maximum atomic E-state index is 12.5. The first-order chi connectivity index (χ1) is 10.9. The number of anilines is 2. The van der Waals surface area contributed by atoms with Crippen molar-refractivity contribution in [3.05, 3.63) is 44.7 Å². The molecule has 0 aliphatic heterocycles. The van der Waals surface area contributed by atoms with Gasteiger partial charge in [0.15, 0.2) is 5.78 Å². The Bertz CT molecular complexity index is 804. The van der Waals surface area contributed by atoms with E-state index < -0.39 is 0 Å². The third-order valence-corrected chi connectivity index (χ3v) is 4.63. The van der Waals surface area contributed by atoms with Gasteiger partial charge in [-0.05, 0) is 37.5 Å². The van der Waals surface area contributed by atoms with Crippen molar-refractivity contribution in [3.63, 3.8) is 0 Å². The number of nitrogen functional groups attached to an aromatic ring is 1. The van der Waals surface area contributed by atoms with E-state index in [0.717, 1.165) is 18.5 Å². The van der Waals surface area contributed by atoms with Crippen LogP contribution in [0.25, 0.3) is 0 Å². The van der Waals surface area contributed by atoms with Crippen molar-refractivity contribution >= 4 is 46.3 Å². The highest BCUT2D eigenvalue weighted by Crippen LogP contribution is 2.32.